The first-order valence-electron chi connectivity index (χ1n) is 7.06. The summed E-state index contributed by atoms with van der Waals surface area (Å²) in [4.78, 5) is 23.9. The molecule has 7 nitrogen and oxygen atoms in total. The molecule has 0 aliphatic heterocycles. The van der Waals surface area contributed by atoms with Gasteiger partial charge in [-0.2, -0.15) is 0 Å². The average Bonchev–Trinajstić information content (AvgIpc) is 2.38. The molecule has 0 spiro atoms. The fourth-order valence-corrected chi connectivity index (χ4v) is 2.11. The Morgan fingerprint density at radius 3 is 2.43 bits per heavy atom. The third-order valence-electron chi connectivity index (χ3n) is 3.10. The zero-order valence-corrected chi connectivity index (χ0v) is 12.8. The van der Waals surface area contributed by atoms with E-state index in [0.717, 1.165) is 0 Å². The Morgan fingerprint density at radius 1 is 1.19 bits per heavy atom. The summed E-state index contributed by atoms with van der Waals surface area (Å²) in [5.41, 5.74) is 5.04. The fraction of sp³-hybridized carbons (Fsp3) is 0.714. The third-order valence-corrected chi connectivity index (χ3v) is 3.10. The molecule has 0 saturated heterocycles. The number of primary amides is 1. The molecule has 0 radical (unpaired) electrons. The van der Waals surface area contributed by atoms with Gasteiger partial charge in [0.15, 0.2) is 0 Å². The summed E-state index contributed by atoms with van der Waals surface area (Å²) in [6, 6.07) is 0. The Balaban J connectivity index is 2.75. The van der Waals surface area contributed by atoms with Gasteiger partial charge in [-0.05, 0) is 31.9 Å². The van der Waals surface area contributed by atoms with Gasteiger partial charge in [0.2, 0.25) is 0 Å². The number of ether oxygens (including phenoxy) is 3. The van der Waals surface area contributed by atoms with Crippen LogP contribution in [0.25, 0.3) is 0 Å². The molecule has 1 aliphatic carbocycles. The third kappa shape index (κ3) is 6.48. The molecule has 0 aromatic rings. The number of hydrogen-bond donors (Lipinski definition) is 1. The lowest BCUT2D eigenvalue weighted by Gasteiger charge is -2.26. The zero-order chi connectivity index (χ0) is 15.8. The lowest BCUT2D eigenvalue weighted by molar-refractivity contribution is 0.00488. The Morgan fingerprint density at radius 2 is 1.86 bits per heavy atom. The van der Waals surface area contributed by atoms with Crippen LogP contribution in [0.2, 0.25) is 0 Å². The summed E-state index contributed by atoms with van der Waals surface area (Å²) < 4.78 is 16.0. The molecule has 1 rings (SSSR count). The van der Waals surface area contributed by atoms with Gasteiger partial charge in [-0.1, -0.05) is 0 Å². The molecule has 2 N–H and O–H groups in total. The number of hydrogen-bond acceptors (Lipinski definition) is 5. The van der Waals surface area contributed by atoms with Crippen molar-refractivity contribution in [2.75, 3.05) is 20.7 Å². The number of nitrogens with zero attached hydrogens (tertiary/aromatic N) is 1. The van der Waals surface area contributed by atoms with Crippen LogP contribution in [0.15, 0.2) is 12.2 Å². The molecule has 120 valence electrons. The Bertz CT molecular complexity index is 384. The van der Waals surface area contributed by atoms with Gasteiger partial charge in [-0.3, -0.25) is 0 Å². The summed E-state index contributed by atoms with van der Waals surface area (Å²) in [5.74, 6) is 0. The van der Waals surface area contributed by atoms with Gasteiger partial charge >= 0.3 is 12.2 Å². The van der Waals surface area contributed by atoms with Crippen LogP contribution in [0.5, 0.6) is 0 Å². The van der Waals surface area contributed by atoms with Crippen LogP contribution in [-0.2, 0) is 14.2 Å². The minimum Gasteiger partial charge on any atom is -0.442 e. The predicted molar refractivity (Wildman–Crippen MR) is 76.8 cm³/mol. The molecule has 0 aromatic heterocycles. The molecule has 0 heterocycles. The topological polar surface area (TPSA) is 91.1 Å². The van der Waals surface area contributed by atoms with Crippen LogP contribution in [0.3, 0.4) is 0 Å². The van der Waals surface area contributed by atoms with E-state index >= 15 is 0 Å². The number of carbonyl (C=O) groups excluding carboxylic acids is 2. The van der Waals surface area contributed by atoms with Crippen molar-refractivity contribution in [3.63, 3.8) is 0 Å². The SMILES string of the molecule is CCOC1CCC(OC(N)=O)/C=C/C(OC(=O)N(C)C)C1. The van der Waals surface area contributed by atoms with Gasteiger partial charge in [0.25, 0.3) is 0 Å². The minimum absolute atomic E-state index is 0.0566. The zero-order valence-electron chi connectivity index (χ0n) is 12.8. The first kappa shape index (κ1) is 17.3. The summed E-state index contributed by atoms with van der Waals surface area (Å²) in [7, 11) is 3.24. The van der Waals surface area contributed by atoms with Crippen molar-refractivity contribution in [3.8, 4) is 0 Å². The number of carbonyl (C=O) groups is 2. The lowest BCUT2D eigenvalue weighted by atomic mass is 9.99. The summed E-state index contributed by atoms with van der Waals surface area (Å²) in [6.07, 6.45) is 3.19. The van der Waals surface area contributed by atoms with Crippen molar-refractivity contribution in [2.24, 2.45) is 5.73 Å². The van der Waals surface area contributed by atoms with Gasteiger partial charge in [-0.25, -0.2) is 9.59 Å². The molecule has 3 atom stereocenters. The molecule has 2 amide bonds. The normalized spacial score (nSPS) is 27.1. The number of nitrogens with two attached hydrogens (primary N) is 1. The highest BCUT2D eigenvalue weighted by molar-refractivity contribution is 5.67. The summed E-state index contributed by atoms with van der Waals surface area (Å²) >= 11 is 0. The second-order valence-electron chi connectivity index (χ2n) is 5.07. The van der Waals surface area contributed by atoms with Gasteiger partial charge in [0, 0.05) is 27.1 Å². The van der Waals surface area contributed by atoms with E-state index in [-0.39, 0.29) is 6.10 Å². The highest BCUT2D eigenvalue weighted by atomic mass is 16.6. The second kappa shape index (κ2) is 8.51. The van der Waals surface area contributed by atoms with Crippen molar-refractivity contribution < 1.29 is 23.8 Å². The molecule has 1 aliphatic rings. The van der Waals surface area contributed by atoms with E-state index in [2.05, 4.69) is 0 Å². The smallest absolute Gasteiger partial charge is 0.409 e. The standard InChI is InChI=1S/C14H24N2O5/c1-4-19-11-7-5-10(20-13(15)17)6-8-12(9-11)21-14(18)16(2)3/h6,8,10-12H,4-5,7,9H2,1-3H3,(H2,15,17)/b8-6+. The van der Waals surface area contributed by atoms with Gasteiger partial charge in [0.1, 0.15) is 12.2 Å². The first-order valence-corrected chi connectivity index (χ1v) is 7.06. The Kier molecular flexibility index (Phi) is 7.01. The van der Waals surface area contributed by atoms with Crippen molar-refractivity contribution in [3.05, 3.63) is 12.2 Å². The fourth-order valence-electron chi connectivity index (χ4n) is 2.11. The lowest BCUT2D eigenvalue weighted by Crippen LogP contribution is -2.32. The maximum atomic E-state index is 11.7. The highest BCUT2D eigenvalue weighted by Gasteiger charge is 2.24. The summed E-state index contributed by atoms with van der Waals surface area (Å²) in [5, 5.41) is 0. The minimum atomic E-state index is -0.819. The molecular formula is C14H24N2O5. The second-order valence-corrected chi connectivity index (χ2v) is 5.07. The van der Waals surface area contributed by atoms with Crippen molar-refractivity contribution in [2.45, 2.75) is 44.5 Å². The van der Waals surface area contributed by atoms with E-state index in [1.54, 1.807) is 26.2 Å². The van der Waals surface area contributed by atoms with Crippen LogP contribution in [0.1, 0.15) is 26.2 Å². The predicted octanol–water partition coefficient (Wildman–Crippen LogP) is 1.66. The highest BCUT2D eigenvalue weighted by Crippen LogP contribution is 2.20. The van der Waals surface area contributed by atoms with E-state index in [1.165, 1.54) is 4.90 Å². The number of rotatable bonds is 4. The van der Waals surface area contributed by atoms with Crippen LogP contribution < -0.4 is 5.73 Å². The van der Waals surface area contributed by atoms with Crippen LogP contribution >= 0.6 is 0 Å². The van der Waals surface area contributed by atoms with Crippen molar-refractivity contribution in [1.29, 1.82) is 0 Å². The first-order chi connectivity index (χ1) is 9.92. The molecule has 21 heavy (non-hydrogen) atoms. The molecule has 0 bridgehead atoms. The molecule has 0 aromatic carbocycles. The molecule has 3 unspecified atom stereocenters. The van der Waals surface area contributed by atoms with Gasteiger partial charge < -0.3 is 24.8 Å². The maximum absolute atomic E-state index is 11.7. The monoisotopic (exact) mass is 300 g/mol. The van der Waals surface area contributed by atoms with Gasteiger partial charge in [0.05, 0.1) is 6.10 Å². The molecule has 0 saturated carbocycles. The average molecular weight is 300 g/mol. The molecule has 0 fully saturated rings. The Labute approximate surface area is 125 Å². The number of amides is 2. The van der Waals surface area contributed by atoms with Gasteiger partial charge in [-0.15, -0.1) is 0 Å². The molecular weight excluding hydrogens is 276 g/mol. The van der Waals surface area contributed by atoms with Crippen LogP contribution in [0.4, 0.5) is 9.59 Å². The summed E-state index contributed by atoms with van der Waals surface area (Å²) in [6.45, 7) is 2.48. The van der Waals surface area contributed by atoms with E-state index in [9.17, 15) is 9.59 Å². The molecule has 7 heteroatoms. The van der Waals surface area contributed by atoms with Crippen molar-refractivity contribution >= 4 is 12.2 Å². The van der Waals surface area contributed by atoms with E-state index < -0.39 is 24.4 Å². The van der Waals surface area contributed by atoms with Crippen LogP contribution in [-0.4, -0.2) is 56.1 Å². The van der Waals surface area contributed by atoms with Crippen molar-refractivity contribution in [1.82, 2.24) is 4.90 Å². The Hall–Kier alpha value is -1.76. The van der Waals surface area contributed by atoms with Crippen LogP contribution in [0, 0.1) is 0 Å². The maximum Gasteiger partial charge on any atom is 0.409 e. The van der Waals surface area contributed by atoms with E-state index in [4.69, 9.17) is 19.9 Å². The van der Waals surface area contributed by atoms with E-state index in [0.29, 0.717) is 25.9 Å². The largest absolute Gasteiger partial charge is 0.442 e. The van der Waals surface area contributed by atoms with E-state index in [1.807, 2.05) is 6.92 Å². The quantitative estimate of drug-likeness (QED) is 0.797.